The molecule has 2 aromatic carbocycles. The molecule has 0 spiro atoms. The van der Waals surface area contributed by atoms with Gasteiger partial charge in [-0.05, 0) is 63.3 Å². The molecule has 24 heavy (non-hydrogen) atoms. The SMILES string of the molecule is C=C(C)C.C=c1cccc(Sc2ccc(C)cc2)c1=C(C)C.CC. The predicted molar refractivity (Wildman–Crippen MR) is 113 cm³/mol. The lowest BCUT2D eigenvalue weighted by atomic mass is 10.2. The first-order valence-electron chi connectivity index (χ1n) is 8.43. The van der Waals surface area contributed by atoms with Gasteiger partial charge in [0.15, 0.2) is 0 Å². The summed E-state index contributed by atoms with van der Waals surface area (Å²) in [5.74, 6) is 0. The fourth-order valence-electron chi connectivity index (χ4n) is 1.96. The molecule has 2 rings (SSSR count). The van der Waals surface area contributed by atoms with Crippen LogP contribution in [0.2, 0.25) is 0 Å². The highest BCUT2D eigenvalue weighted by molar-refractivity contribution is 7.99. The second-order valence-corrected chi connectivity index (χ2v) is 7.03. The van der Waals surface area contributed by atoms with Crippen molar-refractivity contribution in [3.8, 4) is 0 Å². The molecule has 1 heteroatoms. The van der Waals surface area contributed by atoms with E-state index in [1.807, 2.05) is 27.7 Å². The van der Waals surface area contributed by atoms with E-state index in [4.69, 9.17) is 0 Å². The third kappa shape index (κ3) is 8.21. The Labute approximate surface area is 153 Å². The van der Waals surface area contributed by atoms with Gasteiger partial charge < -0.3 is 0 Å². The molecule has 0 saturated heterocycles. The van der Waals surface area contributed by atoms with Gasteiger partial charge in [-0.3, -0.25) is 0 Å². The average Bonchev–Trinajstić information content (AvgIpc) is 2.51. The summed E-state index contributed by atoms with van der Waals surface area (Å²) in [6.45, 7) is 22.0. The standard InChI is InChI=1S/C17H18S.C4H8.C2H6/c1-12(2)17-14(4)6-5-7-16(17)18-15-10-8-13(3)9-11-15;1-4(2)3;1-2/h5-11H,4H2,1-3H3;1H2,2-3H3;1-2H3. The van der Waals surface area contributed by atoms with Gasteiger partial charge in [0.25, 0.3) is 0 Å². The van der Waals surface area contributed by atoms with E-state index in [1.54, 1.807) is 11.8 Å². The number of hydrogen-bond acceptors (Lipinski definition) is 1. The van der Waals surface area contributed by atoms with Crippen molar-refractivity contribution in [1.82, 2.24) is 0 Å². The van der Waals surface area contributed by atoms with Crippen molar-refractivity contribution >= 4 is 23.9 Å². The van der Waals surface area contributed by atoms with Crippen LogP contribution in [0.15, 0.2) is 64.4 Å². The molecule has 0 saturated carbocycles. The Kier molecular flexibility index (Phi) is 10.9. The van der Waals surface area contributed by atoms with Gasteiger partial charge in [0.2, 0.25) is 0 Å². The Hall–Kier alpha value is -1.73. The van der Waals surface area contributed by atoms with E-state index >= 15 is 0 Å². The van der Waals surface area contributed by atoms with Gasteiger partial charge in [0.05, 0.1) is 0 Å². The third-order valence-corrected chi connectivity index (χ3v) is 3.93. The minimum atomic E-state index is 1.10. The van der Waals surface area contributed by atoms with E-state index in [0.29, 0.717) is 0 Å². The van der Waals surface area contributed by atoms with Crippen molar-refractivity contribution in [3.05, 3.63) is 70.6 Å². The molecule has 130 valence electrons. The van der Waals surface area contributed by atoms with Gasteiger partial charge in [-0.15, -0.1) is 6.58 Å². The van der Waals surface area contributed by atoms with Crippen LogP contribution in [0.1, 0.15) is 47.1 Å². The van der Waals surface area contributed by atoms with Crippen LogP contribution in [0.4, 0.5) is 0 Å². The van der Waals surface area contributed by atoms with E-state index in [9.17, 15) is 0 Å². The highest BCUT2D eigenvalue weighted by Gasteiger charge is 2.00. The Morgan fingerprint density at radius 1 is 0.875 bits per heavy atom. The number of aryl methyl sites for hydroxylation is 1. The molecule has 0 amide bonds. The van der Waals surface area contributed by atoms with Crippen molar-refractivity contribution < 1.29 is 0 Å². The maximum Gasteiger partial charge on any atom is 0.0199 e. The summed E-state index contributed by atoms with van der Waals surface area (Å²) in [5, 5.41) is 2.38. The second-order valence-electron chi connectivity index (χ2n) is 5.91. The fraction of sp³-hybridized carbons (Fsp3) is 0.304. The van der Waals surface area contributed by atoms with Crippen molar-refractivity contribution in [2.45, 2.75) is 58.3 Å². The molecule has 0 heterocycles. The number of allylic oxidation sites excluding steroid dienone is 1. The molecule has 0 aromatic heterocycles. The lowest BCUT2D eigenvalue weighted by Gasteiger charge is -2.05. The number of hydrogen-bond donors (Lipinski definition) is 0. The molecular formula is C23H32S. The number of rotatable bonds is 2. The van der Waals surface area contributed by atoms with E-state index in [2.05, 4.69) is 76.4 Å². The fourth-order valence-corrected chi connectivity index (χ4v) is 3.07. The summed E-state index contributed by atoms with van der Waals surface area (Å²) in [4.78, 5) is 2.56. The molecule has 0 aliphatic heterocycles. The van der Waals surface area contributed by atoms with Crippen LogP contribution in [-0.4, -0.2) is 0 Å². The van der Waals surface area contributed by atoms with E-state index < -0.39 is 0 Å². The first-order valence-corrected chi connectivity index (χ1v) is 9.25. The minimum absolute atomic E-state index is 1.10. The molecule has 0 nitrogen and oxygen atoms in total. The Morgan fingerprint density at radius 3 is 1.83 bits per heavy atom. The van der Waals surface area contributed by atoms with Crippen molar-refractivity contribution in [1.29, 1.82) is 0 Å². The normalized spacial score (nSPS) is 9.12. The number of benzene rings is 2. The quantitative estimate of drug-likeness (QED) is 0.573. The summed E-state index contributed by atoms with van der Waals surface area (Å²) in [5.41, 5.74) is 3.78. The Morgan fingerprint density at radius 2 is 1.38 bits per heavy atom. The van der Waals surface area contributed by atoms with Crippen molar-refractivity contribution in [3.63, 3.8) is 0 Å². The van der Waals surface area contributed by atoms with Gasteiger partial charge in [-0.1, -0.05) is 73.2 Å². The topological polar surface area (TPSA) is 0 Å². The molecule has 0 unspecified atom stereocenters. The summed E-state index contributed by atoms with van der Waals surface area (Å²) in [6.07, 6.45) is 0. The van der Waals surface area contributed by atoms with Gasteiger partial charge in [0.1, 0.15) is 0 Å². The largest absolute Gasteiger partial charge is 0.100 e. The summed E-state index contributed by atoms with van der Waals surface area (Å²) >= 11 is 1.80. The van der Waals surface area contributed by atoms with Crippen LogP contribution in [0, 0.1) is 6.92 Å². The van der Waals surface area contributed by atoms with Gasteiger partial charge in [-0.2, -0.15) is 0 Å². The van der Waals surface area contributed by atoms with E-state index in [0.717, 1.165) is 5.22 Å². The minimum Gasteiger partial charge on any atom is -0.100 e. The van der Waals surface area contributed by atoms with Crippen LogP contribution in [0.5, 0.6) is 0 Å². The van der Waals surface area contributed by atoms with E-state index in [1.165, 1.54) is 31.7 Å². The molecule has 0 fully saturated rings. The summed E-state index contributed by atoms with van der Waals surface area (Å²) in [6, 6.07) is 15.0. The van der Waals surface area contributed by atoms with Crippen LogP contribution in [0.25, 0.3) is 12.2 Å². The maximum atomic E-state index is 4.12. The zero-order valence-corrected chi connectivity index (χ0v) is 17.2. The van der Waals surface area contributed by atoms with Gasteiger partial charge >= 0.3 is 0 Å². The van der Waals surface area contributed by atoms with Gasteiger partial charge in [-0.25, -0.2) is 0 Å². The van der Waals surface area contributed by atoms with Crippen molar-refractivity contribution in [2.24, 2.45) is 0 Å². The van der Waals surface area contributed by atoms with Crippen molar-refractivity contribution in [2.75, 3.05) is 0 Å². The molecule has 0 aliphatic carbocycles. The lowest BCUT2D eigenvalue weighted by molar-refractivity contribution is 1.28. The smallest absolute Gasteiger partial charge is 0.0199 e. The molecule has 0 atom stereocenters. The monoisotopic (exact) mass is 340 g/mol. The molecule has 2 aromatic rings. The first-order chi connectivity index (χ1) is 11.3. The third-order valence-electron chi connectivity index (χ3n) is 2.86. The zero-order valence-electron chi connectivity index (χ0n) is 16.4. The highest BCUT2D eigenvalue weighted by atomic mass is 32.2. The summed E-state index contributed by atoms with van der Waals surface area (Å²) < 4.78 is 0. The molecule has 0 bridgehead atoms. The van der Waals surface area contributed by atoms with Crippen LogP contribution < -0.4 is 10.4 Å². The predicted octanol–water partition coefficient (Wildman–Crippen LogP) is 6.36. The maximum absolute atomic E-state index is 4.12. The second kappa shape index (κ2) is 11.8. The van der Waals surface area contributed by atoms with Crippen LogP contribution in [-0.2, 0) is 0 Å². The molecule has 0 N–H and O–H groups in total. The average molecular weight is 341 g/mol. The highest BCUT2D eigenvalue weighted by Crippen LogP contribution is 2.24. The zero-order chi connectivity index (χ0) is 18.7. The first kappa shape index (κ1) is 22.3. The van der Waals surface area contributed by atoms with Crippen LogP contribution >= 0.6 is 11.8 Å². The van der Waals surface area contributed by atoms with Crippen LogP contribution in [0.3, 0.4) is 0 Å². The molecule has 0 radical (unpaired) electrons. The Bertz CT molecular complexity index is 729. The summed E-state index contributed by atoms with van der Waals surface area (Å²) in [7, 11) is 0. The van der Waals surface area contributed by atoms with E-state index in [-0.39, 0.29) is 0 Å². The molecule has 0 aliphatic rings. The Balaban J connectivity index is 0.000000773. The lowest BCUT2D eigenvalue weighted by Crippen LogP contribution is -2.26. The molecular weight excluding hydrogens is 308 g/mol. The van der Waals surface area contributed by atoms with Gasteiger partial charge in [0, 0.05) is 9.79 Å².